The molecule has 1 aliphatic carbocycles. The van der Waals surface area contributed by atoms with Crippen molar-refractivity contribution in [3.05, 3.63) is 35.9 Å². The summed E-state index contributed by atoms with van der Waals surface area (Å²) in [7, 11) is 0. The van der Waals surface area contributed by atoms with Crippen molar-refractivity contribution in [2.24, 2.45) is 10.8 Å². The van der Waals surface area contributed by atoms with Crippen molar-refractivity contribution in [2.75, 3.05) is 13.1 Å². The number of piperidine rings is 1. The van der Waals surface area contributed by atoms with Crippen LogP contribution < -0.4 is 0 Å². The molecule has 3 aliphatic rings. The van der Waals surface area contributed by atoms with E-state index in [2.05, 4.69) is 11.9 Å². The first-order valence-electron chi connectivity index (χ1n) is 9.20. The van der Waals surface area contributed by atoms with Gasteiger partial charge in [-0.25, -0.2) is 5.01 Å². The molecule has 4 heteroatoms. The molecule has 1 aromatic rings. The quantitative estimate of drug-likeness (QED) is 0.783. The lowest BCUT2D eigenvalue weighted by Gasteiger charge is -2.49. The van der Waals surface area contributed by atoms with Crippen LogP contribution >= 0.6 is 0 Å². The molecule has 0 radical (unpaired) electrons. The minimum Gasteiger partial charge on any atom is -0.303 e. The third-order valence-electron chi connectivity index (χ3n) is 6.49. The molecule has 2 atom stereocenters. The molecule has 1 saturated carbocycles. The van der Waals surface area contributed by atoms with Crippen molar-refractivity contribution in [3.63, 3.8) is 0 Å². The van der Waals surface area contributed by atoms with E-state index in [-0.39, 0.29) is 17.4 Å². The maximum Gasteiger partial charge on any atom is 0.268 e. The highest BCUT2D eigenvalue weighted by Crippen LogP contribution is 2.56. The number of hydrazine groups is 1. The van der Waals surface area contributed by atoms with Crippen LogP contribution in [-0.2, 0) is 4.79 Å². The summed E-state index contributed by atoms with van der Waals surface area (Å²) in [5, 5.41) is 4.12. The number of amides is 1. The van der Waals surface area contributed by atoms with Gasteiger partial charge in [-0.2, -0.15) is 0 Å². The molecule has 0 bridgehead atoms. The van der Waals surface area contributed by atoms with Gasteiger partial charge < -0.3 is 4.79 Å². The average Bonchev–Trinajstić information content (AvgIpc) is 3.20. The normalized spacial score (nSPS) is 32.0. The molecule has 2 aliphatic heterocycles. The molecule has 1 amide bonds. The van der Waals surface area contributed by atoms with Gasteiger partial charge in [0.05, 0.1) is 12.0 Å². The second-order valence-corrected chi connectivity index (χ2v) is 8.09. The second kappa shape index (κ2) is 5.69. The lowest BCUT2D eigenvalue weighted by Crippen LogP contribution is -2.56. The van der Waals surface area contributed by atoms with Gasteiger partial charge in [0.25, 0.3) is 5.91 Å². The number of hydrogen-bond acceptors (Lipinski definition) is 3. The molecular formula is C20H26N2O2. The Bertz CT molecular complexity index is 638. The monoisotopic (exact) mass is 326 g/mol. The number of benzene rings is 1. The first-order chi connectivity index (χ1) is 11.6. The summed E-state index contributed by atoms with van der Waals surface area (Å²) in [5.74, 6) is 0.0289. The molecule has 4 rings (SSSR count). The maximum absolute atomic E-state index is 13.1. The molecule has 1 spiro atoms. The Morgan fingerprint density at radius 1 is 1.12 bits per heavy atom. The molecule has 0 unspecified atom stereocenters. The smallest absolute Gasteiger partial charge is 0.268 e. The first-order valence-corrected chi connectivity index (χ1v) is 9.20. The number of nitrogens with zero attached hydrogens (tertiary/aromatic N) is 2. The SMILES string of the molecule is C[C@]1(C=O)CN(C(=O)c2ccccc2)N2CCCC3(CCCC3)[C@@H]21. The van der Waals surface area contributed by atoms with E-state index in [0.717, 1.165) is 19.3 Å². The highest BCUT2D eigenvalue weighted by Gasteiger charge is 2.60. The first kappa shape index (κ1) is 15.8. The van der Waals surface area contributed by atoms with Crippen molar-refractivity contribution in [1.29, 1.82) is 0 Å². The molecule has 24 heavy (non-hydrogen) atoms. The highest BCUT2D eigenvalue weighted by molar-refractivity contribution is 5.94. The standard InChI is InChI=1S/C20H26N2O2/c1-19(15-23)14-22(17(24)16-8-3-2-4-9-16)21-13-7-12-20(18(19)21)10-5-6-11-20/h2-4,8-9,15,18H,5-7,10-14H2,1H3/t18-,19+/m0/s1. The fourth-order valence-corrected chi connectivity index (χ4v) is 5.60. The third kappa shape index (κ3) is 2.23. The minimum atomic E-state index is -0.463. The summed E-state index contributed by atoms with van der Waals surface area (Å²) < 4.78 is 0. The van der Waals surface area contributed by atoms with E-state index in [1.165, 1.54) is 32.1 Å². The van der Waals surface area contributed by atoms with E-state index < -0.39 is 5.41 Å². The average molecular weight is 326 g/mol. The van der Waals surface area contributed by atoms with Gasteiger partial charge in [-0.15, -0.1) is 0 Å². The molecular weight excluding hydrogens is 300 g/mol. The van der Waals surface area contributed by atoms with E-state index >= 15 is 0 Å². The number of carbonyl (C=O) groups is 2. The summed E-state index contributed by atoms with van der Waals surface area (Å²) in [4.78, 5) is 25.1. The number of hydrogen-bond donors (Lipinski definition) is 0. The van der Waals surface area contributed by atoms with Crippen LogP contribution in [0.1, 0.15) is 55.8 Å². The summed E-state index contributed by atoms with van der Waals surface area (Å²) in [6.45, 7) is 3.45. The van der Waals surface area contributed by atoms with Gasteiger partial charge in [0.2, 0.25) is 0 Å². The van der Waals surface area contributed by atoms with Crippen LogP contribution in [0.2, 0.25) is 0 Å². The zero-order chi connectivity index (χ0) is 16.8. The minimum absolute atomic E-state index is 0.0289. The van der Waals surface area contributed by atoms with Gasteiger partial charge in [-0.3, -0.25) is 9.80 Å². The van der Waals surface area contributed by atoms with Crippen molar-refractivity contribution in [3.8, 4) is 0 Å². The molecule has 0 aromatic heterocycles. The molecule has 3 fully saturated rings. The highest BCUT2D eigenvalue weighted by atomic mass is 16.2. The summed E-state index contributed by atoms with van der Waals surface area (Å²) in [5.41, 5.74) is 0.465. The van der Waals surface area contributed by atoms with Crippen molar-refractivity contribution in [2.45, 2.75) is 51.5 Å². The Balaban J connectivity index is 1.71. The van der Waals surface area contributed by atoms with Crippen molar-refractivity contribution < 1.29 is 9.59 Å². The zero-order valence-corrected chi connectivity index (χ0v) is 14.4. The van der Waals surface area contributed by atoms with Gasteiger partial charge in [0.1, 0.15) is 6.29 Å². The predicted molar refractivity (Wildman–Crippen MR) is 92.3 cm³/mol. The van der Waals surface area contributed by atoms with Gasteiger partial charge in [-0.05, 0) is 50.2 Å². The van der Waals surface area contributed by atoms with Crippen molar-refractivity contribution >= 4 is 12.2 Å². The number of fused-ring (bicyclic) bond motifs is 2. The van der Waals surface area contributed by atoms with Gasteiger partial charge >= 0.3 is 0 Å². The Morgan fingerprint density at radius 2 is 1.79 bits per heavy atom. The maximum atomic E-state index is 13.1. The summed E-state index contributed by atoms with van der Waals surface area (Å²) in [6.07, 6.45) is 8.34. The molecule has 2 saturated heterocycles. The number of carbonyl (C=O) groups excluding carboxylic acids is 2. The zero-order valence-electron chi connectivity index (χ0n) is 14.4. The van der Waals surface area contributed by atoms with E-state index in [0.29, 0.717) is 12.1 Å². The largest absolute Gasteiger partial charge is 0.303 e. The summed E-state index contributed by atoms with van der Waals surface area (Å²) in [6, 6.07) is 9.62. The predicted octanol–water partition coefficient (Wildman–Crippen LogP) is 3.29. The van der Waals surface area contributed by atoms with Crippen LogP contribution in [0.15, 0.2) is 30.3 Å². The lowest BCUT2D eigenvalue weighted by molar-refractivity contribution is -0.121. The molecule has 4 nitrogen and oxygen atoms in total. The Morgan fingerprint density at radius 3 is 2.46 bits per heavy atom. The fraction of sp³-hybridized carbons (Fsp3) is 0.600. The van der Waals surface area contributed by atoms with Crippen LogP contribution in [0.25, 0.3) is 0 Å². The number of rotatable bonds is 2. The van der Waals surface area contributed by atoms with Crippen molar-refractivity contribution in [1.82, 2.24) is 10.0 Å². The molecule has 128 valence electrons. The fourth-order valence-electron chi connectivity index (χ4n) is 5.60. The van der Waals surface area contributed by atoms with Crippen LogP contribution in [0.3, 0.4) is 0 Å². The van der Waals surface area contributed by atoms with Gasteiger partial charge in [0, 0.05) is 18.2 Å². The van der Waals surface area contributed by atoms with E-state index in [4.69, 9.17) is 0 Å². The number of aldehydes is 1. The Kier molecular flexibility index (Phi) is 3.75. The Labute approximate surface area is 143 Å². The molecule has 1 aromatic carbocycles. The van der Waals surface area contributed by atoms with Crippen LogP contribution in [-0.4, -0.2) is 41.3 Å². The topological polar surface area (TPSA) is 40.6 Å². The molecule has 2 heterocycles. The van der Waals surface area contributed by atoms with Crippen LogP contribution in [0.5, 0.6) is 0 Å². The van der Waals surface area contributed by atoms with E-state index in [1.54, 1.807) is 0 Å². The second-order valence-electron chi connectivity index (χ2n) is 8.09. The van der Waals surface area contributed by atoms with Gasteiger partial charge in [0.15, 0.2) is 0 Å². The van der Waals surface area contributed by atoms with Crippen LogP contribution in [0.4, 0.5) is 0 Å². The van der Waals surface area contributed by atoms with E-state index in [1.807, 2.05) is 35.3 Å². The summed E-state index contributed by atoms with van der Waals surface area (Å²) >= 11 is 0. The van der Waals surface area contributed by atoms with Gasteiger partial charge in [-0.1, -0.05) is 31.0 Å². The third-order valence-corrected chi connectivity index (χ3v) is 6.49. The van der Waals surface area contributed by atoms with Crippen LogP contribution in [0, 0.1) is 10.8 Å². The Hall–Kier alpha value is -1.68. The lowest BCUT2D eigenvalue weighted by atomic mass is 9.63. The van der Waals surface area contributed by atoms with E-state index in [9.17, 15) is 9.59 Å². The molecule has 0 N–H and O–H groups in total.